The SMILES string of the molecule is CCO[Si](OCC)(OCC)c1cc(C)ccc1SSSc1ccc(C)cc1[Si](OCC)(OCC)OCC. The van der Waals surface area contributed by atoms with Crippen LogP contribution in [0.4, 0.5) is 0 Å². The highest BCUT2D eigenvalue weighted by Crippen LogP contribution is 2.44. The van der Waals surface area contributed by atoms with Gasteiger partial charge in [-0.1, -0.05) is 35.4 Å². The van der Waals surface area contributed by atoms with Crippen molar-refractivity contribution in [1.29, 1.82) is 0 Å². The van der Waals surface area contributed by atoms with Gasteiger partial charge in [0.05, 0.1) is 0 Å². The molecule has 6 nitrogen and oxygen atoms in total. The van der Waals surface area contributed by atoms with Gasteiger partial charge in [-0.05, 0) is 98.9 Å². The summed E-state index contributed by atoms with van der Waals surface area (Å²) in [4.78, 5) is 2.17. The molecule has 0 spiro atoms. The molecular formula is C26H42O6S3Si2. The molecular weight excluding hydrogens is 561 g/mol. The Kier molecular flexibility index (Phi) is 14.9. The highest BCUT2D eigenvalue weighted by Gasteiger charge is 2.46. The Morgan fingerprint density at radius 3 is 1.08 bits per heavy atom. The second-order valence-corrected chi connectivity index (χ2v) is 17.0. The van der Waals surface area contributed by atoms with E-state index >= 15 is 0 Å². The van der Waals surface area contributed by atoms with Gasteiger partial charge in [0.2, 0.25) is 0 Å². The molecule has 37 heavy (non-hydrogen) atoms. The van der Waals surface area contributed by atoms with E-state index in [0.717, 1.165) is 31.3 Å². The van der Waals surface area contributed by atoms with Crippen LogP contribution >= 0.6 is 31.4 Å². The first-order valence-electron chi connectivity index (χ1n) is 12.9. The van der Waals surface area contributed by atoms with E-state index in [2.05, 4.69) is 50.2 Å². The lowest BCUT2D eigenvalue weighted by atomic mass is 10.2. The molecule has 0 N–H and O–H groups in total. The average Bonchev–Trinajstić information content (AvgIpc) is 2.86. The van der Waals surface area contributed by atoms with Crippen LogP contribution in [0.15, 0.2) is 46.2 Å². The molecule has 0 saturated heterocycles. The summed E-state index contributed by atoms with van der Waals surface area (Å²) in [6.07, 6.45) is 0. The van der Waals surface area contributed by atoms with Crippen molar-refractivity contribution in [1.82, 2.24) is 0 Å². The smallest absolute Gasteiger partial charge is 0.370 e. The first-order chi connectivity index (χ1) is 17.8. The van der Waals surface area contributed by atoms with Crippen molar-refractivity contribution >= 4 is 59.4 Å². The van der Waals surface area contributed by atoms with Crippen molar-refractivity contribution in [3.8, 4) is 0 Å². The molecule has 11 heteroatoms. The summed E-state index contributed by atoms with van der Waals surface area (Å²) >= 11 is 0. The zero-order chi connectivity index (χ0) is 27.3. The van der Waals surface area contributed by atoms with Gasteiger partial charge in [-0.15, -0.1) is 0 Å². The molecule has 0 radical (unpaired) electrons. The molecule has 0 aromatic heterocycles. The fraction of sp³-hybridized carbons (Fsp3) is 0.538. The molecule has 0 atom stereocenters. The van der Waals surface area contributed by atoms with Crippen molar-refractivity contribution < 1.29 is 26.6 Å². The normalized spacial score (nSPS) is 12.3. The molecule has 2 rings (SSSR count). The molecule has 2 aromatic carbocycles. The molecule has 2 aromatic rings. The summed E-state index contributed by atoms with van der Waals surface area (Å²) in [5, 5.41) is 2.03. The Bertz CT molecular complexity index is 856. The standard InChI is InChI=1S/C26H42O6S3Si2/c1-9-27-36(28-10-2,29-11-3)25-19-21(7)15-17-23(25)33-35-34-24-18-16-22(8)20-26(24)37(30-12-4,31-13-5)32-14-6/h15-20H,9-14H2,1-8H3. The van der Waals surface area contributed by atoms with Crippen LogP contribution in [0.3, 0.4) is 0 Å². The largest absolute Gasteiger partial charge is 0.538 e. The summed E-state index contributed by atoms with van der Waals surface area (Å²) in [5.74, 6) is 0. The maximum absolute atomic E-state index is 6.24. The van der Waals surface area contributed by atoms with E-state index < -0.39 is 17.6 Å². The van der Waals surface area contributed by atoms with Gasteiger partial charge >= 0.3 is 17.6 Å². The molecule has 0 amide bonds. The van der Waals surface area contributed by atoms with Crippen molar-refractivity contribution in [2.75, 3.05) is 39.6 Å². The van der Waals surface area contributed by atoms with Gasteiger partial charge < -0.3 is 26.6 Å². The van der Waals surface area contributed by atoms with Crippen LogP contribution < -0.4 is 10.4 Å². The van der Waals surface area contributed by atoms with Gasteiger partial charge in [-0.2, -0.15) is 0 Å². The highest BCUT2D eigenvalue weighted by atomic mass is 33.5. The van der Waals surface area contributed by atoms with Gasteiger partial charge in [-0.3, -0.25) is 0 Å². The van der Waals surface area contributed by atoms with Crippen LogP contribution in [0.25, 0.3) is 0 Å². The molecule has 0 heterocycles. The predicted octanol–water partition coefficient (Wildman–Crippen LogP) is 6.26. The van der Waals surface area contributed by atoms with E-state index in [4.69, 9.17) is 26.6 Å². The second-order valence-electron chi connectivity index (χ2n) is 7.94. The lowest BCUT2D eigenvalue weighted by molar-refractivity contribution is 0.0846. The second kappa shape index (κ2) is 16.7. The number of aryl methyl sites for hydroxylation is 2. The van der Waals surface area contributed by atoms with Crippen molar-refractivity contribution in [3.63, 3.8) is 0 Å². The minimum atomic E-state index is -3.05. The quantitative estimate of drug-likeness (QED) is 0.145. The molecule has 0 aliphatic rings. The summed E-state index contributed by atoms with van der Waals surface area (Å²) < 4.78 is 37.4. The first-order valence-corrected chi connectivity index (χ1v) is 19.8. The van der Waals surface area contributed by atoms with E-state index in [1.807, 2.05) is 41.5 Å². The Labute approximate surface area is 237 Å². The lowest BCUT2D eigenvalue weighted by Crippen LogP contribution is -2.57. The molecule has 0 aliphatic heterocycles. The van der Waals surface area contributed by atoms with Crippen LogP contribution in [-0.2, 0) is 26.6 Å². The van der Waals surface area contributed by atoms with Crippen molar-refractivity contribution in [3.05, 3.63) is 47.5 Å². The third-order valence-electron chi connectivity index (χ3n) is 5.18. The average molecular weight is 603 g/mol. The van der Waals surface area contributed by atoms with E-state index in [-0.39, 0.29) is 0 Å². The van der Waals surface area contributed by atoms with Crippen LogP contribution in [0, 0.1) is 13.8 Å². The van der Waals surface area contributed by atoms with Gasteiger partial charge in [0, 0.05) is 59.8 Å². The number of rotatable bonds is 18. The first kappa shape index (κ1) is 32.9. The topological polar surface area (TPSA) is 55.4 Å². The fourth-order valence-corrected chi connectivity index (χ4v) is 14.4. The number of hydrogen-bond acceptors (Lipinski definition) is 9. The van der Waals surface area contributed by atoms with Crippen molar-refractivity contribution in [2.24, 2.45) is 0 Å². The monoisotopic (exact) mass is 602 g/mol. The third kappa shape index (κ3) is 8.84. The number of benzene rings is 2. The van der Waals surface area contributed by atoms with Crippen LogP contribution in [0.2, 0.25) is 0 Å². The van der Waals surface area contributed by atoms with Crippen LogP contribution in [0.1, 0.15) is 52.7 Å². The summed E-state index contributed by atoms with van der Waals surface area (Å²) in [5.41, 5.74) is 2.30. The Hall–Kier alpha value is -0.316. The van der Waals surface area contributed by atoms with Crippen molar-refractivity contribution in [2.45, 2.75) is 65.2 Å². The summed E-state index contributed by atoms with van der Waals surface area (Å²) in [6, 6.07) is 12.8. The van der Waals surface area contributed by atoms with E-state index in [0.29, 0.717) is 39.6 Å². The lowest BCUT2D eigenvalue weighted by Gasteiger charge is -2.30. The Balaban J connectivity index is 2.41. The molecule has 0 fully saturated rings. The van der Waals surface area contributed by atoms with Gasteiger partial charge in [0.25, 0.3) is 0 Å². The van der Waals surface area contributed by atoms with E-state index in [1.165, 1.54) is 0 Å². The molecule has 0 bridgehead atoms. The highest BCUT2D eigenvalue weighted by molar-refractivity contribution is 9.09. The van der Waals surface area contributed by atoms with E-state index in [9.17, 15) is 0 Å². The van der Waals surface area contributed by atoms with Gasteiger partial charge in [-0.25, -0.2) is 0 Å². The van der Waals surface area contributed by atoms with E-state index in [1.54, 1.807) is 31.4 Å². The zero-order valence-corrected chi connectivity index (χ0v) is 27.8. The maximum Gasteiger partial charge on any atom is 0.538 e. The van der Waals surface area contributed by atoms with Gasteiger partial charge in [0.1, 0.15) is 0 Å². The fourth-order valence-electron chi connectivity index (χ4n) is 3.86. The van der Waals surface area contributed by atoms with Crippen LogP contribution in [-0.4, -0.2) is 57.3 Å². The zero-order valence-electron chi connectivity index (χ0n) is 23.4. The summed E-state index contributed by atoms with van der Waals surface area (Å²) in [6.45, 7) is 19.2. The predicted molar refractivity (Wildman–Crippen MR) is 162 cm³/mol. The number of hydrogen-bond donors (Lipinski definition) is 0. The van der Waals surface area contributed by atoms with Gasteiger partial charge in [0.15, 0.2) is 0 Å². The Morgan fingerprint density at radius 1 is 0.514 bits per heavy atom. The molecule has 208 valence electrons. The molecule has 0 aliphatic carbocycles. The maximum atomic E-state index is 6.24. The molecule has 0 saturated carbocycles. The minimum absolute atomic E-state index is 0.526. The molecule has 0 unspecified atom stereocenters. The third-order valence-corrected chi connectivity index (χ3v) is 15.6. The minimum Gasteiger partial charge on any atom is -0.370 e. The summed E-state index contributed by atoms with van der Waals surface area (Å²) in [7, 11) is -1.05. The van der Waals surface area contributed by atoms with Crippen LogP contribution in [0.5, 0.6) is 0 Å². The Morgan fingerprint density at radius 2 is 0.811 bits per heavy atom.